The van der Waals surface area contributed by atoms with Gasteiger partial charge < -0.3 is 5.32 Å². The van der Waals surface area contributed by atoms with Gasteiger partial charge in [0.2, 0.25) is 6.43 Å². The fourth-order valence-corrected chi connectivity index (χ4v) is 2.75. The molecule has 2 heterocycles. The summed E-state index contributed by atoms with van der Waals surface area (Å²) in [6, 6.07) is 0.549. The molecule has 104 valence electrons. The minimum absolute atomic E-state index is 0. The highest BCUT2D eigenvalue weighted by molar-refractivity contribution is 5.85. The second kappa shape index (κ2) is 8.46. The topological polar surface area (TPSA) is 15.3 Å². The number of piperidine rings is 2. The fraction of sp³-hybridized carbons (Fsp3) is 1.00. The Morgan fingerprint density at radius 2 is 1.71 bits per heavy atom. The number of nitrogens with zero attached hydrogens (tertiary/aromatic N) is 1. The first kappa shape index (κ1) is 17.4. The molecule has 1 unspecified atom stereocenters. The summed E-state index contributed by atoms with van der Waals surface area (Å²) in [4.78, 5) is 2.29. The molecule has 2 nitrogen and oxygen atoms in total. The van der Waals surface area contributed by atoms with Crippen LogP contribution in [0, 0.1) is 5.92 Å². The maximum atomic E-state index is 12.6. The summed E-state index contributed by atoms with van der Waals surface area (Å²) >= 11 is 0. The zero-order valence-electron chi connectivity index (χ0n) is 9.91. The van der Waals surface area contributed by atoms with Crippen molar-refractivity contribution in [2.45, 2.75) is 38.2 Å². The van der Waals surface area contributed by atoms with Gasteiger partial charge in [0.15, 0.2) is 0 Å². The van der Waals surface area contributed by atoms with E-state index in [4.69, 9.17) is 0 Å². The van der Waals surface area contributed by atoms with Crippen LogP contribution in [0.1, 0.15) is 25.7 Å². The molecule has 2 saturated heterocycles. The van der Waals surface area contributed by atoms with Gasteiger partial charge in [-0.15, -0.1) is 24.8 Å². The van der Waals surface area contributed by atoms with Gasteiger partial charge in [0.1, 0.15) is 0 Å². The van der Waals surface area contributed by atoms with Crippen LogP contribution in [0.4, 0.5) is 8.78 Å². The summed E-state index contributed by atoms with van der Waals surface area (Å²) < 4.78 is 25.2. The molecule has 0 aromatic rings. The smallest absolute Gasteiger partial charge is 0.242 e. The number of hydrogen-bond acceptors (Lipinski definition) is 2. The predicted octanol–water partition coefficient (Wildman–Crippen LogP) is 2.56. The monoisotopic (exact) mass is 290 g/mol. The van der Waals surface area contributed by atoms with Crippen LogP contribution in [0.5, 0.6) is 0 Å². The Hall–Kier alpha value is 0.360. The zero-order chi connectivity index (χ0) is 10.7. The van der Waals surface area contributed by atoms with E-state index in [0.717, 1.165) is 38.9 Å². The summed E-state index contributed by atoms with van der Waals surface area (Å²) in [5.41, 5.74) is 0. The molecule has 0 saturated carbocycles. The molecule has 1 atom stereocenters. The molecule has 1 N–H and O–H groups in total. The Labute approximate surface area is 114 Å². The highest BCUT2D eigenvalue weighted by Gasteiger charge is 2.30. The van der Waals surface area contributed by atoms with Crippen LogP contribution in [0.25, 0.3) is 0 Å². The van der Waals surface area contributed by atoms with E-state index >= 15 is 0 Å². The normalized spacial score (nSPS) is 27.4. The van der Waals surface area contributed by atoms with Crippen molar-refractivity contribution in [3.8, 4) is 0 Å². The Kier molecular flexibility index (Phi) is 8.64. The van der Waals surface area contributed by atoms with Crippen LogP contribution in [0.15, 0.2) is 0 Å². The van der Waals surface area contributed by atoms with Crippen molar-refractivity contribution in [3.63, 3.8) is 0 Å². The SMILES string of the molecule is Cl.Cl.FC(F)C1CCCN(C2CCNCC2)C1. The molecule has 2 aliphatic rings. The quantitative estimate of drug-likeness (QED) is 0.841. The van der Waals surface area contributed by atoms with Gasteiger partial charge in [-0.05, 0) is 45.3 Å². The van der Waals surface area contributed by atoms with Gasteiger partial charge >= 0.3 is 0 Å². The number of hydrogen-bond donors (Lipinski definition) is 1. The Balaban J connectivity index is 0.00000128. The van der Waals surface area contributed by atoms with Gasteiger partial charge in [0.05, 0.1) is 0 Å². The lowest BCUT2D eigenvalue weighted by atomic mass is 9.94. The third-order valence-electron chi connectivity index (χ3n) is 3.67. The first-order chi connectivity index (χ1) is 7.27. The second-order valence-corrected chi connectivity index (χ2v) is 4.71. The van der Waals surface area contributed by atoms with Crippen molar-refractivity contribution in [1.29, 1.82) is 0 Å². The van der Waals surface area contributed by atoms with E-state index < -0.39 is 6.43 Å². The summed E-state index contributed by atoms with van der Waals surface area (Å²) in [6.07, 6.45) is 1.76. The van der Waals surface area contributed by atoms with Gasteiger partial charge in [0.25, 0.3) is 0 Å². The lowest BCUT2D eigenvalue weighted by molar-refractivity contribution is 0.00931. The van der Waals surface area contributed by atoms with E-state index in [1.54, 1.807) is 0 Å². The number of alkyl halides is 2. The first-order valence-electron chi connectivity index (χ1n) is 6.00. The summed E-state index contributed by atoms with van der Waals surface area (Å²) in [6.45, 7) is 3.72. The molecule has 2 rings (SSSR count). The van der Waals surface area contributed by atoms with Crippen molar-refractivity contribution < 1.29 is 8.78 Å². The molecule has 0 aromatic carbocycles. The summed E-state index contributed by atoms with van der Waals surface area (Å²) in [5, 5.41) is 3.31. The van der Waals surface area contributed by atoms with Gasteiger partial charge in [0, 0.05) is 18.5 Å². The highest BCUT2D eigenvalue weighted by Crippen LogP contribution is 2.25. The van der Waals surface area contributed by atoms with Crippen LogP contribution < -0.4 is 5.32 Å². The standard InChI is InChI=1S/C11H20F2N2.2ClH/c12-11(13)9-2-1-7-15(8-9)10-3-5-14-6-4-10;;/h9-11,14H,1-8H2;2*1H. The maximum Gasteiger partial charge on any atom is 0.242 e. The molecular formula is C11H22Cl2F2N2. The van der Waals surface area contributed by atoms with Crippen LogP contribution in [-0.2, 0) is 0 Å². The number of nitrogens with one attached hydrogen (secondary N) is 1. The van der Waals surface area contributed by atoms with Gasteiger partial charge in [-0.3, -0.25) is 4.90 Å². The lowest BCUT2D eigenvalue weighted by Gasteiger charge is -2.39. The Morgan fingerprint density at radius 3 is 2.29 bits per heavy atom. The predicted molar refractivity (Wildman–Crippen MR) is 70.7 cm³/mol. The molecular weight excluding hydrogens is 269 g/mol. The van der Waals surface area contributed by atoms with Crippen LogP contribution in [-0.4, -0.2) is 43.5 Å². The third kappa shape index (κ3) is 4.86. The maximum absolute atomic E-state index is 12.6. The van der Waals surface area contributed by atoms with E-state index in [1.807, 2.05) is 0 Å². The lowest BCUT2D eigenvalue weighted by Crippen LogP contribution is -2.48. The summed E-state index contributed by atoms with van der Waals surface area (Å²) in [5.74, 6) is -0.381. The van der Waals surface area contributed by atoms with Crippen LogP contribution >= 0.6 is 24.8 Å². The average molecular weight is 291 g/mol. The number of rotatable bonds is 2. The number of likely N-dealkylation sites (tertiary alicyclic amines) is 1. The largest absolute Gasteiger partial charge is 0.317 e. The average Bonchev–Trinajstić information content (AvgIpc) is 2.30. The molecule has 0 radical (unpaired) electrons. The Bertz CT molecular complexity index is 202. The molecule has 0 bridgehead atoms. The second-order valence-electron chi connectivity index (χ2n) is 4.71. The van der Waals surface area contributed by atoms with E-state index in [0.29, 0.717) is 19.0 Å². The minimum Gasteiger partial charge on any atom is -0.317 e. The van der Waals surface area contributed by atoms with Crippen molar-refractivity contribution in [3.05, 3.63) is 0 Å². The van der Waals surface area contributed by atoms with Crippen molar-refractivity contribution in [2.24, 2.45) is 5.92 Å². The first-order valence-corrected chi connectivity index (χ1v) is 6.00. The molecule has 6 heteroatoms. The van der Waals surface area contributed by atoms with Crippen LogP contribution in [0.3, 0.4) is 0 Å². The molecule has 17 heavy (non-hydrogen) atoms. The van der Waals surface area contributed by atoms with Crippen molar-refractivity contribution in [1.82, 2.24) is 10.2 Å². The van der Waals surface area contributed by atoms with E-state index in [9.17, 15) is 8.78 Å². The van der Waals surface area contributed by atoms with Crippen molar-refractivity contribution >= 4 is 24.8 Å². The highest BCUT2D eigenvalue weighted by atomic mass is 35.5. The number of halogens is 4. The molecule has 0 spiro atoms. The van der Waals surface area contributed by atoms with E-state index in [-0.39, 0.29) is 30.7 Å². The Morgan fingerprint density at radius 1 is 1.06 bits per heavy atom. The molecule has 0 amide bonds. The molecule has 0 aromatic heterocycles. The van der Waals surface area contributed by atoms with Gasteiger partial charge in [-0.25, -0.2) is 8.78 Å². The van der Waals surface area contributed by atoms with Gasteiger partial charge in [-0.2, -0.15) is 0 Å². The van der Waals surface area contributed by atoms with Gasteiger partial charge in [-0.1, -0.05) is 0 Å². The third-order valence-corrected chi connectivity index (χ3v) is 3.67. The zero-order valence-corrected chi connectivity index (χ0v) is 11.5. The van der Waals surface area contributed by atoms with E-state index in [1.165, 1.54) is 0 Å². The van der Waals surface area contributed by atoms with Crippen LogP contribution in [0.2, 0.25) is 0 Å². The summed E-state index contributed by atoms with van der Waals surface area (Å²) in [7, 11) is 0. The molecule has 2 fully saturated rings. The molecule has 2 aliphatic heterocycles. The van der Waals surface area contributed by atoms with E-state index in [2.05, 4.69) is 10.2 Å². The van der Waals surface area contributed by atoms with Crippen molar-refractivity contribution in [2.75, 3.05) is 26.2 Å². The molecule has 0 aliphatic carbocycles. The minimum atomic E-state index is -2.13. The fourth-order valence-electron chi connectivity index (χ4n) is 2.75.